The first-order chi connectivity index (χ1) is 11.6. The van der Waals surface area contributed by atoms with Gasteiger partial charge in [-0.25, -0.2) is 4.79 Å². The monoisotopic (exact) mass is 349 g/mol. The Morgan fingerprint density at radius 1 is 1.25 bits per heavy atom. The van der Waals surface area contributed by atoms with Crippen LogP contribution in [0.1, 0.15) is 32.9 Å². The molecular formula is C17H19NO5S. The van der Waals surface area contributed by atoms with Crippen LogP contribution in [-0.2, 0) is 10.5 Å². The predicted octanol–water partition coefficient (Wildman–Crippen LogP) is 3.04. The first-order valence-corrected chi connectivity index (χ1v) is 8.40. The van der Waals surface area contributed by atoms with Gasteiger partial charge in [0.2, 0.25) is 0 Å². The van der Waals surface area contributed by atoms with Gasteiger partial charge >= 0.3 is 5.97 Å². The number of furan rings is 1. The molecular weight excluding hydrogens is 330 g/mol. The SMILES string of the molecule is COCCCNC(=O)c1ccccc1SCc1occc1C(=O)O. The summed E-state index contributed by atoms with van der Waals surface area (Å²) >= 11 is 1.37. The molecule has 0 aliphatic rings. The van der Waals surface area contributed by atoms with Crippen molar-refractivity contribution in [2.24, 2.45) is 0 Å². The van der Waals surface area contributed by atoms with Gasteiger partial charge in [0, 0.05) is 25.2 Å². The highest BCUT2D eigenvalue weighted by Gasteiger charge is 2.16. The van der Waals surface area contributed by atoms with Crippen LogP contribution in [0.5, 0.6) is 0 Å². The largest absolute Gasteiger partial charge is 0.478 e. The van der Waals surface area contributed by atoms with E-state index in [-0.39, 0.29) is 11.5 Å². The van der Waals surface area contributed by atoms with E-state index in [9.17, 15) is 9.59 Å². The highest BCUT2D eigenvalue weighted by molar-refractivity contribution is 7.98. The Hall–Kier alpha value is -2.25. The zero-order valence-electron chi connectivity index (χ0n) is 13.3. The third-order valence-corrected chi connectivity index (χ3v) is 4.35. The lowest BCUT2D eigenvalue weighted by atomic mass is 10.2. The minimum Gasteiger partial charge on any atom is -0.478 e. The number of amides is 1. The van der Waals surface area contributed by atoms with Crippen molar-refractivity contribution in [1.82, 2.24) is 5.32 Å². The first kappa shape index (κ1) is 18.1. The second kappa shape index (κ2) is 9.14. The zero-order chi connectivity index (χ0) is 17.4. The molecule has 0 atom stereocenters. The van der Waals surface area contributed by atoms with E-state index >= 15 is 0 Å². The van der Waals surface area contributed by atoms with Crippen LogP contribution in [0.3, 0.4) is 0 Å². The topological polar surface area (TPSA) is 88.8 Å². The normalized spacial score (nSPS) is 10.5. The van der Waals surface area contributed by atoms with Crippen molar-refractivity contribution >= 4 is 23.6 Å². The molecule has 0 fully saturated rings. The number of hydrogen-bond donors (Lipinski definition) is 2. The number of methoxy groups -OCH3 is 1. The number of carbonyl (C=O) groups is 2. The zero-order valence-corrected chi connectivity index (χ0v) is 14.1. The van der Waals surface area contributed by atoms with Crippen LogP contribution in [0.4, 0.5) is 0 Å². The summed E-state index contributed by atoms with van der Waals surface area (Å²) in [6.45, 7) is 1.13. The summed E-state index contributed by atoms with van der Waals surface area (Å²) in [6.07, 6.45) is 2.10. The molecule has 7 heteroatoms. The number of thioether (sulfide) groups is 1. The molecule has 0 spiro atoms. The average Bonchev–Trinajstić information content (AvgIpc) is 3.06. The molecule has 1 heterocycles. The van der Waals surface area contributed by atoms with E-state index in [0.717, 1.165) is 11.3 Å². The van der Waals surface area contributed by atoms with Gasteiger partial charge in [-0.2, -0.15) is 0 Å². The van der Waals surface area contributed by atoms with Crippen molar-refractivity contribution in [3.8, 4) is 0 Å². The quantitative estimate of drug-likeness (QED) is 0.534. The fourth-order valence-electron chi connectivity index (χ4n) is 2.08. The van der Waals surface area contributed by atoms with E-state index in [1.165, 1.54) is 24.1 Å². The number of ether oxygens (including phenoxy) is 1. The van der Waals surface area contributed by atoms with Gasteiger partial charge < -0.3 is 19.6 Å². The summed E-state index contributed by atoms with van der Waals surface area (Å²) in [5, 5.41) is 11.9. The van der Waals surface area contributed by atoms with E-state index in [1.807, 2.05) is 12.1 Å². The van der Waals surface area contributed by atoms with Gasteiger partial charge in [-0.3, -0.25) is 4.79 Å². The average molecular weight is 349 g/mol. The summed E-state index contributed by atoms with van der Waals surface area (Å²) in [7, 11) is 1.62. The van der Waals surface area contributed by atoms with E-state index in [0.29, 0.717) is 30.2 Å². The maximum absolute atomic E-state index is 12.3. The fourth-order valence-corrected chi connectivity index (χ4v) is 3.08. The molecule has 24 heavy (non-hydrogen) atoms. The second-order valence-corrected chi connectivity index (χ2v) is 5.97. The molecule has 0 unspecified atom stereocenters. The van der Waals surface area contributed by atoms with E-state index in [4.69, 9.17) is 14.3 Å². The molecule has 1 aromatic carbocycles. The van der Waals surface area contributed by atoms with Crippen LogP contribution in [0, 0.1) is 0 Å². The Balaban J connectivity index is 2.02. The number of aromatic carboxylic acids is 1. The van der Waals surface area contributed by atoms with Gasteiger partial charge in [-0.1, -0.05) is 12.1 Å². The Labute approximate surface area is 144 Å². The van der Waals surface area contributed by atoms with Crippen molar-refractivity contribution in [3.05, 3.63) is 53.5 Å². The Kier molecular flexibility index (Phi) is 6.89. The number of carboxylic acids is 1. The maximum atomic E-state index is 12.3. The summed E-state index contributed by atoms with van der Waals surface area (Å²) in [4.78, 5) is 24.2. The minimum atomic E-state index is -1.02. The van der Waals surface area contributed by atoms with Crippen LogP contribution in [0.2, 0.25) is 0 Å². The molecule has 0 aliphatic heterocycles. The number of rotatable bonds is 9. The summed E-state index contributed by atoms with van der Waals surface area (Å²) < 4.78 is 10.2. The van der Waals surface area contributed by atoms with Crippen LogP contribution < -0.4 is 5.32 Å². The van der Waals surface area contributed by atoms with E-state index < -0.39 is 5.97 Å². The van der Waals surface area contributed by atoms with E-state index in [2.05, 4.69) is 5.32 Å². The number of carbonyl (C=O) groups excluding carboxylic acids is 1. The van der Waals surface area contributed by atoms with Crippen molar-refractivity contribution in [2.45, 2.75) is 17.1 Å². The van der Waals surface area contributed by atoms with Gasteiger partial charge in [0.25, 0.3) is 5.91 Å². The first-order valence-electron chi connectivity index (χ1n) is 7.42. The molecule has 1 amide bonds. The number of benzene rings is 1. The maximum Gasteiger partial charge on any atom is 0.339 e. The van der Waals surface area contributed by atoms with Crippen molar-refractivity contribution in [3.63, 3.8) is 0 Å². The smallest absolute Gasteiger partial charge is 0.339 e. The standard InChI is InChI=1S/C17H19NO5S/c1-22-9-4-8-18-16(19)13-5-2-3-6-15(13)24-11-14-12(17(20)21)7-10-23-14/h2-3,5-7,10H,4,8-9,11H2,1H3,(H,18,19)(H,20,21). The predicted molar refractivity (Wildman–Crippen MR) is 90.5 cm³/mol. The summed E-state index contributed by atoms with van der Waals surface area (Å²) in [5.41, 5.74) is 0.701. The Morgan fingerprint density at radius 2 is 2.04 bits per heavy atom. The van der Waals surface area contributed by atoms with Crippen LogP contribution in [0.15, 0.2) is 45.9 Å². The molecule has 0 saturated heterocycles. The van der Waals surface area contributed by atoms with Gasteiger partial charge in [0.15, 0.2) is 0 Å². The highest BCUT2D eigenvalue weighted by atomic mass is 32.2. The fraction of sp³-hybridized carbons (Fsp3) is 0.294. The molecule has 2 N–H and O–H groups in total. The molecule has 0 aliphatic carbocycles. The second-order valence-electron chi connectivity index (χ2n) is 4.95. The molecule has 0 radical (unpaired) electrons. The highest BCUT2D eigenvalue weighted by Crippen LogP contribution is 2.28. The van der Waals surface area contributed by atoms with Gasteiger partial charge in [0.05, 0.1) is 17.6 Å². The lowest BCUT2D eigenvalue weighted by Crippen LogP contribution is -2.25. The Bertz CT molecular complexity index is 698. The molecule has 0 bridgehead atoms. The lowest BCUT2D eigenvalue weighted by Gasteiger charge is -2.09. The van der Waals surface area contributed by atoms with Crippen molar-refractivity contribution in [2.75, 3.05) is 20.3 Å². The molecule has 128 valence electrons. The Morgan fingerprint density at radius 3 is 2.79 bits per heavy atom. The molecule has 2 rings (SSSR count). The molecule has 2 aromatic rings. The van der Waals surface area contributed by atoms with E-state index in [1.54, 1.807) is 19.2 Å². The van der Waals surface area contributed by atoms with Gasteiger partial charge in [-0.05, 0) is 24.6 Å². The van der Waals surface area contributed by atoms with Crippen molar-refractivity contribution in [1.29, 1.82) is 0 Å². The third-order valence-electron chi connectivity index (χ3n) is 3.28. The minimum absolute atomic E-state index is 0.143. The summed E-state index contributed by atoms with van der Waals surface area (Å²) in [6, 6.07) is 8.63. The lowest BCUT2D eigenvalue weighted by molar-refractivity contribution is 0.0694. The van der Waals surface area contributed by atoms with Crippen LogP contribution in [-0.4, -0.2) is 37.2 Å². The van der Waals surface area contributed by atoms with Gasteiger partial charge in [0.1, 0.15) is 11.3 Å². The molecule has 0 saturated carbocycles. The van der Waals surface area contributed by atoms with Crippen molar-refractivity contribution < 1.29 is 23.8 Å². The number of carboxylic acid groups (broad SMARTS) is 1. The van der Waals surface area contributed by atoms with Crippen LogP contribution >= 0.6 is 11.8 Å². The third kappa shape index (κ3) is 4.87. The van der Waals surface area contributed by atoms with Crippen LogP contribution in [0.25, 0.3) is 0 Å². The van der Waals surface area contributed by atoms with Gasteiger partial charge in [-0.15, -0.1) is 11.8 Å². The summed E-state index contributed by atoms with van der Waals surface area (Å²) in [5.74, 6) is -0.471. The number of hydrogen-bond acceptors (Lipinski definition) is 5. The number of nitrogens with one attached hydrogen (secondary N) is 1. The molecule has 6 nitrogen and oxygen atoms in total. The molecule has 1 aromatic heterocycles.